The molecule has 1 unspecified atom stereocenters. The molecule has 0 bridgehead atoms. The monoisotopic (exact) mass is 318 g/mol. The number of nitrogens with one attached hydrogen (secondary N) is 1. The third-order valence-electron chi connectivity index (χ3n) is 4.77. The average Bonchev–Trinajstić information content (AvgIpc) is 3.04. The Labute approximate surface area is 135 Å². The summed E-state index contributed by atoms with van der Waals surface area (Å²) < 4.78 is 0. The summed E-state index contributed by atoms with van der Waals surface area (Å²) >= 11 is 0. The normalized spacial score (nSPS) is 22.3. The van der Waals surface area contributed by atoms with Gasteiger partial charge in [-0.15, -0.1) is 0 Å². The van der Waals surface area contributed by atoms with Gasteiger partial charge in [0.25, 0.3) is 11.6 Å². The standard InChI is InChI=1S/C16H22N4O3/c1-12-3-2-4-14(15(12)20(22)23)16(21)19-8-5-13(11-19)18-9-6-17-7-10-18/h2-4,13,17H,5-11H2,1H3. The molecule has 1 aromatic carbocycles. The highest BCUT2D eigenvalue weighted by atomic mass is 16.6. The van der Waals surface area contributed by atoms with Crippen molar-refractivity contribution in [1.82, 2.24) is 15.1 Å². The van der Waals surface area contributed by atoms with E-state index < -0.39 is 4.92 Å². The van der Waals surface area contributed by atoms with Crippen molar-refractivity contribution >= 4 is 11.6 Å². The molecule has 2 aliphatic heterocycles. The van der Waals surface area contributed by atoms with Crippen LogP contribution < -0.4 is 5.32 Å². The quantitative estimate of drug-likeness (QED) is 0.665. The first-order valence-corrected chi connectivity index (χ1v) is 8.06. The minimum absolute atomic E-state index is 0.0666. The number of nitro groups is 1. The topological polar surface area (TPSA) is 78.7 Å². The lowest BCUT2D eigenvalue weighted by molar-refractivity contribution is -0.385. The SMILES string of the molecule is Cc1cccc(C(=O)N2CCC(N3CCNCC3)C2)c1[N+](=O)[O-]. The summed E-state index contributed by atoms with van der Waals surface area (Å²) in [5, 5.41) is 14.6. The maximum Gasteiger partial charge on any atom is 0.285 e. The van der Waals surface area contributed by atoms with Gasteiger partial charge in [-0.05, 0) is 19.4 Å². The summed E-state index contributed by atoms with van der Waals surface area (Å²) in [5.41, 5.74) is 0.665. The summed E-state index contributed by atoms with van der Waals surface area (Å²) in [5.74, 6) is -0.224. The van der Waals surface area contributed by atoms with Gasteiger partial charge in [0, 0.05) is 50.9 Å². The number of rotatable bonds is 3. The second-order valence-electron chi connectivity index (χ2n) is 6.21. The van der Waals surface area contributed by atoms with E-state index in [9.17, 15) is 14.9 Å². The second kappa shape index (κ2) is 6.64. The molecule has 7 nitrogen and oxygen atoms in total. The van der Waals surface area contributed by atoms with Crippen molar-refractivity contribution in [1.29, 1.82) is 0 Å². The summed E-state index contributed by atoms with van der Waals surface area (Å²) in [7, 11) is 0. The number of carbonyl (C=O) groups is 1. The van der Waals surface area contributed by atoms with Gasteiger partial charge in [-0.25, -0.2) is 0 Å². The van der Waals surface area contributed by atoms with Crippen LogP contribution in [0.25, 0.3) is 0 Å². The summed E-state index contributed by atoms with van der Waals surface area (Å²) in [6.45, 7) is 6.95. The van der Waals surface area contributed by atoms with Crippen LogP contribution >= 0.6 is 0 Å². The van der Waals surface area contributed by atoms with E-state index in [1.807, 2.05) is 0 Å². The fourth-order valence-electron chi connectivity index (χ4n) is 3.52. The number of para-hydroxylation sites is 1. The number of benzene rings is 1. The Kier molecular flexibility index (Phi) is 4.58. The number of nitrogens with zero attached hydrogens (tertiary/aromatic N) is 3. The van der Waals surface area contributed by atoms with Crippen LogP contribution in [0, 0.1) is 17.0 Å². The Balaban J connectivity index is 1.74. The Bertz CT molecular complexity index is 613. The zero-order chi connectivity index (χ0) is 16.4. The van der Waals surface area contributed by atoms with Crippen molar-refractivity contribution in [3.05, 3.63) is 39.4 Å². The number of amides is 1. The molecule has 0 spiro atoms. The van der Waals surface area contributed by atoms with E-state index in [1.54, 1.807) is 30.0 Å². The molecule has 0 saturated carbocycles. The van der Waals surface area contributed by atoms with E-state index in [1.165, 1.54) is 0 Å². The second-order valence-corrected chi connectivity index (χ2v) is 6.21. The van der Waals surface area contributed by atoms with Crippen LogP contribution in [0.1, 0.15) is 22.3 Å². The number of nitro benzene ring substituents is 1. The number of hydrogen-bond acceptors (Lipinski definition) is 5. The molecule has 0 radical (unpaired) electrons. The van der Waals surface area contributed by atoms with Crippen molar-refractivity contribution in [2.75, 3.05) is 39.3 Å². The molecule has 124 valence electrons. The molecule has 0 aromatic heterocycles. The van der Waals surface area contributed by atoms with Crippen molar-refractivity contribution in [2.24, 2.45) is 0 Å². The zero-order valence-electron chi connectivity index (χ0n) is 13.3. The van der Waals surface area contributed by atoms with Crippen molar-refractivity contribution in [3.8, 4) is 0 Å². The molecule has 3 rings (SSSR count). The van der Waals surface area contributed by atoms with Gasteiger partial charge < -0.3 is 10.2 Å². The summed E-state index contributed by atoms with van der Waals surface area (Å²) in [4.78, 5) is 27.8. The molecule has 7 heteroatoms. The third-order valence-corrected chi connectivity index (χ3v) is 4.77. The molecule has 23 heavy (non-hydrogen) atoms. The van der Waals surface area contributed by atoms with E-state index in [0.29, 0.717) is 24.7 Å². The van der Waals surface area contributed by atoms with E-state index >= 15 is 0 Å². The molecular weight excluding hydrogens is 296 g/mol. The highest BCUT2D eigenvalue weighted by molar-refractivity contribution is 5.98. The molecule has 0 aliphatic carbocycles. The van der Waals surface area contributed by atoms with Gasteiger partial charge in [0.15, 0.2) is 0 Å². The summed E-state index contributed by atoms with van der Waals surface area (Å²) in [6, 6.07) is 5.30. The summed E-state index contributed by atoms with van der Waals surface area (Å²) in [6.07, 6.45) is 0.936. The van der Waals surface area contributed by atoms with E-state index in [4.69, 9.17) is 0 Å². The maximum atomic E-state index is 12.7. The van der Waals surface area contributed by atoms with Crippen LogP contribution in [0.3, 0.4) is 0 Å². The first kappa shape index (κ1) is 15.9. The van der Waals surface area contributed by atoms with Crippen LogP contribution in [-0.4, -0.2) is 65.9 Å². The first-order chi connectivity index (χ1) is 11.1. The fourth-order valence-corrected chi connectivity index (χ4v) is 3.52. The zero-order valence-corrected chi connectivity index (χ0v) is 13.3. The smallest absolute Gasteiger partial charge is 0.285 e. The number of hydrogen-bond donors (Lipinski definition) is 1. The highest BCUT2D eigenvalue weighted by Crippen LogP contribution is 2.26. The van der Waals surface area contributed by atoms with Gasteiger partial charge in [0.2, 0.25) is 0 Å². The Morgan fingerprint density at radius 1 is 1.30 bits per heavy atom. The van der Waals surface area contributed by atoms with Crippen LogP contribution in [0.15, 0.2) is 18.2 Å². The minimum Gasteiger partial charge on any atom is -0.337 e. The molecule has 2 aliphatic rings. The first-order valence-electron chi connectivity index (χ1n) is 8.06. The fraction of sp³-hybridized carbons (Fsp3) is 0.562. The minimum atomic E-state index is -0.452. The van der Waals surface area contributed by atoms with E-state index in [2.05, 4.69) is 10.2 Å². The molecule has 2 fully saturated rings. The van der Waals surface area contributed by atoms with E-state index in [-0.39, 0.29) is 17.2 Å². The van der Waals surface area contributed by atoms with Crippen LogP contribution in [0.5, 0.6) is 0 Å². The van der Waals surface area contributed by atoms with Crippen LogP contribution in [-0.2, 0) is 0 Å². The number of aryl methyl sites for hydroxylation is 1. The van der Waals surface area contributed by atoms with Gasteiger partial charge in [-0.3, -0.25) is 19.8 Å². The highest BCUT2D eigenvalue weighted by Gasteiger charge is 2.34. The average molecular weight is 318 g/mol. The van der Waals surface area contributed by atoms with Crippen LogP contribution in [0.4, 0.5) is 5.69 Å². The molecular formula is C16H22N4O3. The van der Waals surface area contributed by atoms with Gasteiger partial charge in [-0.1, -0.05) is 12.1 Å². The van der Waals surface area contributed by atoms with E-state index in [0.717, 1.165) is 32.6 Å². The molecule has 1 amide bonds. The number of carbonyl (C=O) groups excluding carboxylic acids is 1. The molecule has 2 heterocycles. The van der Waals surface area contributed by atoms with Gasteiger partial charge in [0.05, 0.1) is 4.92 Å². The molecule has 1 aromatic rings. The predicted octanol–water partition coefficient (Wildman–Crippen LogP) is 1.02. The largest absolute Gasteiger partial charge is 0.337 e. The predicted molar refractivity (Wildman–Crippen MR) is 86.6 cm³/mol. The molecule has 1 atom stereocenters. The Morgan fingerprint density at radius 3 is 2.74 bits per heavy atom. The van der Waals surface area contributed by atoms with Crippen molar-refractivity contribution in [2.45, 2.75) is 19.4 Å². The molecule has 2 saturated heterocycles. The number of piperazine rings is 1. The Hall–Kier alpha value is -1.99. The lowest BCUT2D eigenvalue weighted by atomic mass is 10.1. The van der Waals surface area contributed by atoms with Gasteiger partial charge in [0.1, 0.15) is 5.56 Å². The Morgan fingerprint density at radius 2 is 2.04 bits per heavy atom. The van der Waals surface area contributed by atoms with Crippen molar-refractivity contribution in [3.63, 3.8) is 0 Å². The third kappa shape index (κ3) is 3.20. The van der Waals surface area contributed by atoms with Crippen molar-refractivity contribution < 1.29 is 9.72 Å². The van der Waals surface area contributed by atoms with Gasteiger partial charge in [-0.2, -0.15) is 0 Å². The maximum absolute atomic E-state index is 12.7. The van der Waals surface area contributed by atoms with Crippen LogP contribution in [0.2, 0.25) is 0 Å². The molecule has 1 N–H and O–H groups in total. The van der Waals surface area contributed by atoms with Gasteiger partial charge >= 0.3 is 0 Å². The lowest BCUT2D eigenvalue weighted by Crippen LogP contribution is -2.49. The number of likely N-dealkylation sites (tertiary alicyclic amines) is 1. The lowest BCUT2D eigenvalue weighted by Gasteiger charge is -2.32.